The molecule has 5 heteroatoms. The average molecular weight is 316 g/mol. The molecule has 108 valence electrons. The first-order chi connectivity index (χ1) is 10.2. The summed E-state index contributed by atoms with van der Waals surface area (Å²) in [6.07, 6.45) is 1.38. The highest BCUT2D eigenvalue weighted by Crippen LogP contribution is 2.22. The fourth-order valence-electron chi connectivity index (χ4n) is 2.15. The lowest BCUT2D eigenvalue weighted by atomic mass is 10.2. The van der Waals surface area contributed by atoms with E-state index in [1.54, 1.807) is 27.6 Å². The van der Waals surface area contributed by atoms with Gasteiger partial charge in [0.05, 0.1) is 16.8 Å². The molecule has 0 aliphatic heterocycles. The minimum atomic E-state index is 0.169. The highest BCUT2D eigenvalue weighted by atomic mass is 32.1. The van der Waals surface area contributed by atoms with E-state index in [-0.39, 0.29) is 5.91 Å². The minimum absolute atomic E-state index is 0.169. The van der Waals surface area contributed by atoms with E-state index in [4.69, 9.17) is 0 Å². The predicted molar refractivity (Wildman–Crippen MR) is 88.7 cm³/mol. The Morgan fingerprint density at radius 2 is 2.10 bits per heavy atom. The largest absolute Gasteiger partial charge is 0.339 e. The number of benzene rings is 1. The van der Waals surface area contributed by atoms with E-state index in [1.807, 2.05) is 36.7 Å². The van der Waals surface area contributed by atoms with Crippen molar-refractivity contribution in [3.63, 3.8) is 0 Å². The van der Waals surface area contributed by atoms with Crippen LogP contribution in [-0.2, 0) is 17.8 Å². The number of fused-ring (bicyclic) bond motifs is 1. The third-order valence-corrected chi connectivity index (χ3v) is 5.26. The molecule has 1 amide bonds. The van der Waals surface area contributed by atoms with Crippen LogP contribution in [0.1, 0.15) is 16.3 Å². The van der Waals surface area contributed by atoms with Crippen LogP contribution in [0.3, 0.4) is 0 Å². The van der Waals surface area contributed by atoms with Gasteiger partial charge in [0.15, 0.2) is 0 Å². The van der Waals surface area contributed by atoms with Gasteiger partial charge in [0, 0.05) is 18.3 Å². The standard InChI is InChI=1S/C16H16N2OS2/c1-18(16(19)9-8-12-5-4-10-20-12)11-15-17-13-6-2-3-7-14(13)21-15/h2-7,10H,8-9,11H2,1H3. The van der Waals surface area contributed by atoms with Crippen molar-refractivity contribution < 1.29 is 4.79 Å². The molecule has 3 nitrogen and oxygen atoms in total. The summed E-state index contributed by atoms with van der Waals surface area (Å²) in [6, 6.07) is 12.2. The lowest BCUT2D eigenvalue weighted by Crippen LogP contribution is -2.26. The number of aromatic nitrogens is 1. The van der Waals surface area contributed by atoms with Gasteiger partial charge >= 0.3 is 0 Å². The van der Waals surface area contributed by atoms with E-state index in [2.05, 4.69) is 17.1 Å². The number of amides is 1. The molecule has 0 N–H and O–H groups in total. The number of thiophene rings is 1. The summed E-state index contributed by atoms with van der Waals surface area (Å²) in [5.74, 6) is 0.169. The van der Waals surface area contributed by atoms with Crippen molar-refractivity contribution >= 4 is 38.8 Å². The number of hydrogen-bond acceptors (Lipinski definition) is 4. The van der Waals surface area contributed by atoms with Crippen LogP contribution in [0.4, 0.5) is 0 Å². The maximum absolute atomic E-state index is 12.2. The summed E-state index contributed by atoms with van der Waals surface area (Å²) in [7, 11) is 1.85. The number of thiazole rings is 1. The molecule has 3 aromatic rings. The van der Waals surface area contributed by atoms with E-state index in [0.29, 0.717) is 13.0 Å². The van der Waals surface area contributed by atoms with Crippen LogP contribution in [0.2, 0.25) is 0 Å². The number of hydrogen-bond donors (Lipinski definition) is 0. The Morgan fingerprint density at radius 3 is 2.86 bits per heavy atom. The first-order valence-electron chi connectivity index (χ1n) is 6.83. The molecule has 0 spiro atoms. The normalized spacial score (nSPS) is 10.9. The van der Waals surface area contributed by atoms with Crippen LogP contribution in [-0.4, -0.2) is 22.8 Å². The van der Waals surface area contributed by atoms with Gasteiger partial charge in [-0.05, 0) is 30.0 Å². The molecule has 0 saturated carbocycles. The molecule has 0 atom stereocenters. The van der Waals surface area contributed by atoms with Gasteiger partial charge in [-0.2, -0.15) is 0 Å². The Bertz CT molecular complexity index is 701. The van der Waals surface area contributed by atoms with E-state index in [0.717, 1.165) is 16.9 Å². The number of nitrogens with zero attached hydrogens (tertiary/aromatic N) is 2. The Labute approximate surface area is 131 Å². The number of carbonyl (C=O) groups is 1. The topological polar surface area (TPSA) is 33.2 Å². The zero-order valence-electron chi connectivity index (χ0n) is 11.8. The van der Waals surface area contributed by atoms with Gasteiger partial charge in [0.1, 0.15) is 5.01 Å². The minimum Gasteiger partial charge on any atom is -0.339 e. The maximum atomic E-state index is 12.2. The van der Waals surface area contributed by atoms with E-state index >= 15 is 0 Å². The average Bonchev–Trinajstić information content (AvgIpc) is 3.13. The summed E-state index contributed by atoms with van der Waals surface area (Å²) in [4.78, 5) is 19.8. The van der Waals surface area contributed by atoms with Gasteiger partial charge in [0.25, 0.3) is 0 Å². The SMILES string of the molecule is CN(Cc1nc2ccccc2s1)C(=O)CCc1cccs1. The highest BCUT2D eigenvalue weighted by Gasteiger charge is 2.12. The van der Waals surface area contributed by atoms with Gasteiger partial charge < -0.3 is 4.90 Å². The molecular formula is C16H16N2OS2. The summed E-state index contributed by atoms with van der Waals surface area (Å²) >= 11 is 3.36. The maximum Gasteiger partial charge on any atom is 0.223 e. The third kappa shape index (κ3) is 3.49. The second-order valence-electron chi connectivity index (χ2n) is 4.90. The van der Waals surface area contributed by atoms with Gasteiger partial charge in [0.2, 0.25) is 5.91 Å². The fourth-order valence-corrected chi connectivity index (χ4v) is 3.88. The molecule has 0 radical (unpaired) electrons. The summed E-state index contributed by atoms with van der Waals surface area (Å²) < 4.78 is 1.17. The van der Waals surface area contributed by atoms with Crippen LogP contribution in [0.15, 0.2) is 41.8 Å². The number of para-hydroxylation sites is 1. The Balaban J connectivity index is 1.59. The zero-order chi connectivity index (χ0) is 14.7. The monoisotopic (exact) mass is 316 g/mol. The van der Waals surface area contributed by atoms with Crippen molar-refractivity contribution in [2.75, 3.05) is 7.05 Å². The van der Waals surface area contributed by atoms with Crippen LogP contribution in [0.5, 0.6) is 0 Å². The van der Waals surface area contributed by atoms with Crippen LogP contribution < -0.4 is 0 Å². The molecule has 0 saturated heterocycles. The lowest BCUT2D eigenvalue weighted by Gasteiger charge is -2.15. The Kier molecular flexibility index (Phi) is 4.31. The molecule has 2 aromatic heterocycles. The molecule has 0 aliphatic rings. The van der Waals surface area contributed by atoms with E-state index < -0.39 is 0 Å². The van der Waals surface area contributed by atoms with Crippen molar-refractivity contribution in [3.8, 4) is 0 Å². The Morgan fingerprint density at radius 1 is 1.24 bits per heavy atom. The first-order valence-corrected chi connectivity index (χ1v) is 8.53. The molecule has 0 bridgehead atoms. The number of carbonyl (C=O) groups excluding carboxylic acids is 1. The summed E-state index contributed by atoms with van der Waals surface area (Å²) in [6.45, 7) is 0.586. The van der Waals surface area contributed by atoms with Crippen LogP contribution >= 0.6 is 22.7 Å². The first kappa shape index (κ1) is 14.2. The fraction of sp³-hybridized carbons (Fsp3) is 0.250. The molecular weight excluding hydrogens is 300 g/mol. The summed E-state index contributed by atoms with van der Waals surface area (Å²) in [5.41, 5.74) is 1.01. The smallest absolute Gasteiger partial charge is 0.223 e. The van der Waals surface area contributed by atoms with E-state index in [1.165, 1.54) is 9.58 Å². The molecule has 1 aromatic carbocycles. The van der Waals surface area contributed by atoms with Gasteiger partial charge in [-0.25, -0.2) is 4.98 Å². The van der Waals surface area contributed by atoms with Crippen molar-refractivity contribution in [2.24, 2.45) is 0 Å². The molecule has 0 unspecified atom stereocenters. The molecule has 0 aliphatic carbocycles. The second kappa shape index (κ2) is 6.37. The second-order valence-corrected chi connectivity index (χ2v) is 7.05. The van der Waals surface area contributed by atoms with Gasteiger partial charge in [-0.1, -0.05) is 18.2 Å². The Hall–Kier alpha value is -1.72. The van der Waals surface area contributed by atoms with Gasteiger partial charge in [-0.15, -0.1) is 22.7 Å². The van der Waals surface area contributed by atoms with Crippen molar-refractivity contribution in [3.05, 3.63) is 51.7 Å². The zero-order valence-corrected chi connectivity index (χ0v) is 13.4. The third-order valence-electron chi connectivity index (χ3n) is 3.30. The lowest BCUT2D eigenvalue weighted by molar-refractivity contribution is -0.130. The molecule has 3 rings (SSSR count). The van der Waals surface area contributed by atoms with Crippen molar-refractivity contribution in [1.29, 1.82) is 0 Å². The molecule has 0 fully saturated rings. The highest BCUT2D eigenvalue weighted by molar-refractivity contribution is 7.18. The van der Waals surface area contributed by atoms with Crippen molar-refractivity contribution in [1.82, 2.24) is 9.88 Å². The van der Waals surface area contributed by atoms with Gasteiger partial charge in [-0.3, -0.25) is 4.79 Å². The predicted octanol–water partition coefficient (Wildman–Crippen LogP) is 3.95. The number of aryl methyl sites for hydroxylation is 1. The van der Waals surface area contributed by atoms with Crippen molar-refractivity contribution in [2.45, 2.75) is 19.4 Å². The molecule has 21 heavy (non-hydrogen) atoms. The van der Waals surface area contributed by atoms with E-state index in [9.17, 15) is 4.79 Å². The number of rotatable bonds is 5. The molecule has 2 heterocycles. The quantitative estimate of drug-likeness (QED) is 0.714. The summed E-state index contributed by atoms with van der Waals surface area (Å²) in [5, 5.41) is 3.04. The van der Waals surface area contributed by atoms with Crippen LogP contribution in [0, 0.1) is 0 Å². The van der Waals surface area contributed by atoms with Crippen LogP contribution in [0.25, 0.3) is 10.2 Å².